The Labute approximate surface area is 213 Å². The summed E-state index contributed by atoms with van der Waals surface area (Å²) in [5.41, 5.74) is 1.51. The van der Waals surface area contributed by atoms with Crippen molar-refractivity contribution in [3.8, 4) is 0 Å². The number of benzene rings is 2. The molecule has 1 saturated carbocycles. The third-order valence-corrected chi connectivity index (χ3v) is 7.43. The zero-order valence-corrected chi connectivity index (χ0v) is 20.6. The van der Waals surface area contributed by atoms with E-state index in [1.54, 1.807) is 29.2 Å². The van der Waals surface area contributed by atoms with Crippen LogP contribution >= 0.6 is 11.6 Å². The van der Waals surface area contributed by atoms with E-state index in [0.717, 1.165) is 26.2 Å². The maximum Gasteiger partial charge on any atom is 0.278 e. The summed E-state index contributed by atoms with van der Waals surface area (Å²) in [6, 6.07) is 12.4. The Morgan fingerprint density at radius 2 is 1.86 bits per heavy atom. The van der Waals surface area contributed by atoms with Crippen LogP contribution in [0.3, 0.4) is 0 Å². The molecule has 2 fully saturated rings. The van der Waals surface area contributed by atoms with Gasteiger partial charge in [0.1, 0.15) is 11.5 Å². The minimum atomic E-state index is -2.68. The van der Waals surface area contributed by atoms with Gasteiger partial charge in [0.15, 0.2) is 5.96 Å². The van der Waals surface area contributed by atoms with Gasteiger partial charge < -0.3 is 9.80 Å². The van der Waals surface area contributed by atoms with Crippen molar-refractivity contribution >= 4 is 34.7 Å². The average Bonchev–Trinajstić information content (AvgIpc) is 3.33. The number of alkyl halides is 2. The van der Waals surface area contributed by atoms with Gasteiger partial charge in [-0.05, 0) is 37.1 Å². The Morgan fingerprint density at radius 1 is 1.08 bits per heavy atom. The Morgan fingerprint density at radius 3 is 2.47 bits per heavy atom. The first kappa shape index (κ1) is 24.8. The lowest BCUT2D eigenvalue weighted by molar-refractivity contribution is 0.0846. The number of halogens is 4. The van der Waals surface area contributed by atoms with Crippen LogP contribution in [0.4, 0.5) is 18.9 Å². The lowest BCUT2D eigenvalue weighted by atomic mass is 9.91. The maximum absolute atomic E-state index is 15.2. The van der Waals surface area contributed by atoms with Crippen molar-refractivity contribution in [2.24, 2.45) is 10.2 Å². The van der Waals surface area contributed by atoms with Crippen LogP contribution in [-0.2, 0) is 6.54 Å². The number of hydrogen-bond donors (Lipinski definition) is 1. The van der Waals surface area contributed by atoms with Crippen LogP contribution in [0.2, 0.25) is 5.02 Å². The van der Waals surface area contributed by atoms with Gasteiger partial charge in [-0.3, -0.25) is 10.3 Å². The van der Waals surface area contributed by atoms with Gasteiger partial charge in [-0.1, -0.05) is 36.2 Å². The standard InChI is InChI=1S/C26H28ClF3N6/c27-19-3-1-6-21(14-19)36(26(31)35-11-9-34(10-12-35)20-4-2-5-20)16-18-8-7-17(13-22(18)28)23-15-24(25(29)30)33-32-23/h1,3,6-8,13-14,20,25,31H,2,4-5,9-12,15-16H2. The van der Waals surface area contributed by atoms with Crippen molar-refractivity contribution in [2.75, 3.05) is 31.1 Å². The summed E-state index contributed by atoms with van der Waals surface area (Å²) in [5, 5.41) is 16.9. The Balaban J connectivity index is 1.33. The van der Waals surface area contributed by atoms with Gasteiger partial charge in [-0.25, -0.2) is 13.2 Å². The first-order chi connectivity index (χ1) is 17.4. The molecule has 3 aliphatic rings. The molecule has 36 heavy (non-hydrogen) atoms. The highest BCUT2D eigenvalue weighted by atomic mass is 35.5. The van der Waals surface area contributed by atoms with E-state index in [0.29, 0.717) is 39.6 Å². The van der Waals surface area contributed by atoms with Crippen molar-refractivity contribution in [3.63, 3.8) is 0 Å². The predicted molar refractivity (Wildman–Crippen MR) is 137 cm³/mol. The van der Waals surface area contributed by atoms with Crippen LogP contribution in [0.25, 0.3) is 0 Å². The molecule has 0 amide bonds. The molecule has 2 aromatic rings. The molecule has 1 N–H and O–H groups in total. The highest BCUT2D eigenvalue weighted by molar-refractivity contribution is 6.30. The van der Waals surface area contributed by atoms with E-state index in [9.17, 15) is 8.78 Å². The molecule has 2 heterocycles. The van der Waals surface area contributed by atoms with E-state index in [4.69, 9.17) is 17.0 Å². The molecule has 6 nitrogen and oxygen atoms in total. The Kier molecular flexibility index (Phi) is 7.29. The van der Waals surface area contributed by atoms with E-state index in [2.05, 4.69) is 15.1 Å². The van der Waals surface area contributed by atoms with Crippen LogP contribution in [0.1, 0.15) is 36.8 Å². The Bertz CT molecular complexity index is 1190. The van der Waals surface area contributed by atoms with Crippen LogP contribution in [0.5, 0.6) is 0 Å². The van der Waals surface area contributed by atoms with Gasteiger partial charge in [-0.15, -0.1) is 0 Å². The number of nitrogens with one attached hydrogen (secondary N) is 1. The van der Waals surface area contributed by atoms with Crippen molar-refractivity contribution < 1.29 is 13.2 Å². The summed E-state index contributed by atoms with van der Waals surface area (Å²) in [6.45, 7) is 3.41. The summed E-state index contributed by atoms with van der Waals surface area (Å²) in [5.74, 6) is -0.195. The molecule has 1 aliphatic carbocycles. The molecule has 0 unspecified atom stereocenters. The molecule has 0 radical (unpaired) electrons. The zero-order valence-electron chi connectivity index (χ0n) is 19.8. The second-order valence-electron chi connectivity index (χ2n) is 9.42. The van der Waals surface area contributed by atoms with Gasteiger partial charge in [0.2, 0.25) is 0 Å². The van der Waals surface area contributed by atoms with E-state index < -0.39 is 12.2 Å². The first-order valence-electron chi connectivity index (χ1n) is 12.2. The van der Waals surface area contributed by atoms with Crippen LogP contribution in [0.15, 0.2) is 52.7 Å². The topological polar surface area (TPSA) is 58.3 Å². The van der Waals surface area contributed by atoms with Crippen molar-refractivity contribution in [1.29, 1.82) is 5.41 Å². The van der Waals surface area contributed by atoms with Crippen LogP contribution < -0.4 is 4.90 Å². The van der Waals surface area contributed by atoms with Gasteiger partial charge in [0.05, 0.1) is 12.3 Å². The molecule has 0 aromatic heterocycles. The fourth-order valence-electron chi connectivity index (χ4n) is 4.83. The monoisotopic (exact) mass is 516 g/mol. The molecule has 0 atom stereocenters. The second kappa shape index (κ2) is 10.6. The van der Waals surface area contributed by atoms with Crippen molar-refractivity contribution in [1.82, 2.24) is 9.80 Å². The molecule has 190 valence electrons. The summed E-state index contributed by atoms with van der Waals surface area (Å²) in [4.78, 5) is 6.29. The molecular weight excluding hydrogens is 489 g/mol. The normalized spacial score (nSPS) is 18.8. The molecule has 2 aliphatic heterocycles. The summed E-state index contributed by atoms with van der Waals surface area (Å²) in [6.07, 6.45) is 1.03. The minimum absolute atomic E-state index is 0.0947. The quantitative estimate of drug-likeness (QED) is 0.413. The molecule has 10 heteroatoms. The third kappa shape index (κ3) is 5.27. The summed E-state index contributed by atoms with van der Waals surface area (Å²) in [7, 11) is 0. The highest BCUT2D eigenvalue weighted by Gasteiger charge is 2.30. The number of rotatable bonds is 6. The number of piperazine rings is 1. The number of anilines is 1. The molecule has 2 aromatic carbocycles. The van der Waals surface area contributed by atoms with Crippen molar-refractivity contribution in [2.45, 2.75) is 44.7 Å². The zero-order chi connectivity index (χ0) is 25.2. The first-order valence-corrected chi connectivity index (χ1v) is 12.6. The summed E-state index contributed by atoms with van der Waals surface area (Å²) < 4.78 is 41.0. The summed E-state index contributed by atoms with van der Waals surface area (Å²) >= 11 is 6.25. The van der Waals surface area contributed by atoms with E-state index in [1.165, 1.54) is 25.3 Å². The molecule has 0 spiro atoms. The SMILES string of the molecule is N=C(N1CCN(C2CCC2)CC1)N(Cc1ccc(C2=NN=C(C(F)F)C2)cc1F)c1cccc(Cl)c1. The third-order valence-electron chi connectivity index (χ3n) is 7.19. The fraction of sp³-hybridized carbons (Fsp3) is 0.423. The predicted octanol–water partition coefficient (Wildman–Crippen LogP) is 5.40. The number of guanidine groups is 1. The molecular formula is C26H28ClF3N6. The smallest absolute Gasteiger partial charge is 0.278 e. The van der Waals surface area contributed by atoms with E-state index >= 15 is 4.39 Å². The number of nitrogens with zero attached hydrogens (tertiary/aromatic N) is 5. The van der Waals surface area contributed by atoms with Gasteiger partial charge in [0.25, 0.3) is 6.43 Å². The average molecular weight is 517 g/mol. The maximum atomic E-state index is 15.2. The molecule has 1 saturated heterocycles. The van der Waals surface area contributed by atoms with E-state index in [1.807, 2.05) is 17.0 Å². The highest BCUT2D eigenvalue weighted by Crippen LogP contribution is 2.28. The lowest BCUT2D eigenvalue weighted by Crippen LogP contribution is -2.56. The molecule has 0 bridgehead atoms. The van der Waals surface area contributed by atoms with Gasteiger partial charge >= 0.3 is 0 Å². The van der Waals surface area contributed by atoms with E-state index in [-0.39, 0.29) is 18.7 Å². The van der Waals surface area contributed by atoms with Crippen LogP contribution in [-0.4, -0.2) is 65.8 Å². The fourth-order valence-corrected chi connectivity index (χ4v) is 5.01. The van der Waals surface area contributed by atoms with Gasteiger partial charge in [0, 0.05) is 60.5 Å². The van der Waals surface area contributed by atoms with Crippen molar-refractivity contribution in [3.05, 3.63) is 64.4 Å². The lowest BCUT2D eigenvalue weighted by Gasteiger charge is -2.44. The van der Waals surface area contributed by atoms with Gasteiger partial charge in [-0.2, -0.15) is 10.2 Å². The second-order valence-corrected chi connectivity index (χ2v) is 9.86. The largest absolute Gasteiger partial charge is 0.340 e. The number of hydrogen-bond acceptors (Lipinski definition) is 4. The minimum Gasteiger partial charge on any atom is -0.340 e. The Hall–Kier alpha value is -2.91. The van der Waals surface area contributed by atoms with Crippen LogP contribution in [0, 0.1) is 11.2 Å². The molecule has 5 rings (SSSR count).